The van der Waals surface area contributed by atoms with Crippen LogP contribution in [0.1, 0.15) is 33.9 Å². The number of benzene rings is 18. The highest BCUT2D eigenvalue weighted by Gasteiger charge is 2.77. The van der Waals surface area contributed by atoms with Crippen molar-refractivity contribution >= 4 is 291 Å². The molecule has 3 N–H and O–H groups in total. The van der Waals surface area contributed by atoms with Crippen LogP contribution in [0.2, 0.25) is 0 Å². The van der Waals surface area contributed by atoms with Crippen LogP contribution in [0.15, 0.2) is 12.1 Å². The number of aliphatic hydroxyl groups is 3. The second kappa shape index (κ2) is 22.6. The molecule has 1 saturated heterocycles. The number of ether oxygens (including phenoxy) is 16. The van der Waals surface area contributed by atoms with Gasteiger partial charge in [0.25, 0.3) is 0 Å². The van der Waals surface area contributed by atoms with E-state index < -0.39 is 10.8 Å². The van der Waals surface area contributed by atoms with Gasteiger partial charge < -0.3 is 91.1 Å². The predicted octanol–water partition coefficient (Wildman–Crippen LogP) is 16.3. The summed E-state index contributed by atoms with van der Waals surface area (Å²) in [6, 6.07) is 4.30. The fourth-order valence-corrected chi connectivity index (χ4v) is 30.1. The minimum absolute atomic E-state index is 0.0424. The summed E-state index contributed by atoms with van der Waals surface area (Å²) in [5.41, 5.74) is 5.86. The van der Waals surface area contributed by atoms with Crippen molar-refractivity contribution < 1.29 is 91.1 Å². The highest BCUT2D eigenvalue weighted by molar-refractivity contribution is 6.82. The van der Waals surface area contributed by atoms with Crippen LogP contribution < -0.4 is 14.2 Å². The summed E-state index contributed by atoms with van der Waals surface area (Å²) in [4.78, 5) is 2.91. The van der Waals surface area contributed by atoms with Gasteiger partial charge in [-0.1, -0.05) is 5.92 Å². The molecule has 3 unspecified atom stereocenters. The summed E-state index contributed by atoms with van der Waals surface area (Å²) < 4.78 is 99.9. The third kappa shape index (κ3) is 6.63. The van der Waals surface area contributed by atoms with Crippen LogP contribution in [0, 0.1) is 12.3 Å². The third-order valence-electron chi connectivity index (χ3n) is 32.3. The Hall–Kier alpha value is -10.0. The number of aliphatic hydroxyl groups excluding tert-OH is 3. The minimum atomic E-state index is -0.788. The van der Waals surface area contributed by atoms with Gasteiger partial charge in [-0.05, 0) is 331 Å². The van der Waals surface area contributed by atoms with Crippen molar-refractivity contribution in [2.75, 3.05) is 225 Å². The Morgan fingerprint density at radius 1 is 0.252 bits per heavy atom. The van der Waals surface area contributed by atoms with Gasteiger partial charge in [0, 0.05) is 13.1 Å². The van der Waals surface area contributed by atoms with Crippen LogP contribution in [-0.2, 0) is 72.4 Å². The van der Waals surface area contributed by atoms with Crippen LogP contribution in [0.4, 0.5) is 0 Å². The summed E-state index contributed by atoms with van der Waals surface area (Å²) in [6.07, 6.45) is 5.45. The van der Waals surface area contributed by atoms with Crippen molar-refractivity contribution in [3.8, 4) is 29.6 Å². The fourth-order valence-electron chi connectivity index (χ4n) is 30.1. The lowest BCUT2D eigenvalue weighted by Gasteiger charge is -2.50. The van der Waals surface area contributed by atoms with E-state index in [2.05, 4.69) is 23.0 Å². The van der Waals surface area contributed by atoms with Crippen molar-refractivity contribution in [2.24, 2.45) is 0 Å². The van der Waals surface area contributed by atoms with Crippen LogP contribution in [0.3, 0.4) is 0 Å². The van der Waals surface area contributed by atoms with Gasteiger partial charge in [0.1, 0.15) is 26.4 Å². The Bertz CT molecular complexity index is 8850. The topological polar surface area (TPSA) is 212 Å². The summed E-state index contributed by atoms with van der Waals surface area (Å²) >= 11 is 0. The van der Waals surface area contributed by atoms with Crippen molar-refractivity contribution in [1.29, 1.82) is 0 Å². The van der Waals surface area contributed by atoms with Gasteiger partial charge in [-0.3, -0.25) is 4.90 Å². The quantitative estimate of drug-likeness (QED) is 0.0184. The van der Waals surface area contributed by atoms with Gasteiger partial charge in [-0.15, -0.1) is 6.42 Å². The SMILES string of the molecule is C#CCOCCOCCOCCOCCN1CC23c4c5c6c7c8c9c(c%10c%11c2c2c%12c4c4c%13c5c5c7c7c8c8c%14c9c%10c9c%10c%11c2c2c%11c%12c4c4c%12c%13c5c5c7c7c8c8c%14c9c9c%10c2c2c%11c4c4c%12c5c7c5c8c9c2c45)C63C1c1cc(OCCOCCOCCOCCO)c(OCCOCCOCCOCCO)c(OCCOCCOCCOCCO)c1. The molecule has 0 aromatic heterocycles. The molecule has 0 saturated carbocycles. The van der Waals surface area contributed by atoms with E-state index >= 15 is 0 Å². The maximum absolute atomic E-state index is 9.34. The molecule has 1 aliphatic heterocycles. The Kier molecular flexibility index (Phi) is 12.4. The molecule has 4 aliphatic carbocycles. The van der Waals surface area contributed by atoms with Crippen LogP contribution in [0.25, 0.3) is 291 Å². The smallest absolute Gasteiger partial charge is 0.203 e. The average Bonchev–Trinajstić information content (AvgIpc) is 1.38. The molecule has 0 radical (unpaired) electrons. The molecule has 29 aromatic carbocycles. The van der Waals surface area contributed by atoms with Crippen LogP contribution in [-0.4, -0.2) is 245 Å². The summed E-state index contributed by atoms with van der Waals surface area (Å²) in [5, 5.41) is 111. The first-order chi connectivity index (χ1) is 61.2. The second-order valence-corrected chi connectivity index (χ2v) is 36.5. The number of terminal acetylenes is 1. The van der Waals surface area contributed by atoms with Crippen molar-refractivity contribution in [3.05, 3.63) is 39.9 Å². The van der Waals surface area contributed by atoms with Gasteiger partial charge in [0.15, 0.2) is 11.5 Å². The fraction of sp³-hybridized carbons (Fsp3) is 0.359. The molecule has 5 aliphatic rings. The standard InChI is InChI=1S/C103H75NO19/c1-2-7-108-12-17-113-22-23-114-18-13-109-8-3-104-38-102-96-89-82-70-62-53-44-42-43-45-48(44)57-64(62)72-73-65(57)63-54(45)56-52-47(43)50-49-46(42)51-55(53)68(70)76-74-60(51)58(49)66-67-59(50)61(52)75-77-69(56)71(63)83-85(73)94(93(96)84(72)82)98-91(83)88(77)92-81(75)79(67)86-78(66)80(74)90(87(76)89)97(102)95(86)99(92)103(98,102)101(104)39-36-40(121-33-30-118-27-24-115-19-14-110-9-4-105)100(123-35-32-120-29-26-117-21-16-112-11-6-107)41(37-39)122-34-31-119-28-25-116-20-15-111-10-5-106/h1,36-37,101,105-107H,3-35,38H2. The summed E-state index contributed by atoms with van der Waals surface area (Å²) in [6.45, 7) is 10.9. The third-order valence-corrected chi connectivity index (χ3v) is 32.3. The molecule has 34 rings (SSSR count). The lowest BCUT2D eigenvalue weighted by molar-refractivity contribution is -0.00178. The molecule has 29 aromatic rings. The molecule has 20 heteroatoms. The van der Waals surface area contributed by atoms with E-state index in [1.54, 1.807) is 173 Å². The zero-order valence-electron chi connectivity index (χ0n) is 67.2. The lowest BCUT2D eigenvalue weighted by Crippen LogP contribution is -2.50. The average molecular weight is 1630 g/mol. The van der Waals surface area contributed by atoms with Crippen LogP contribution >= 0.6 is 0 Å². The summed E-state index contributed by atoms with van der Waals surface area (Å²) in [5.74, 6) is 4.06. The number of rotatable bonds is 50. The highest BCUT2D eigenvalue weighted by Crippen LogP contribution is 2.87. The highest BCUT2D eigenvalue weighted by atomic mass is 16.6. The monoisotopic (exact) mass is 1630 g/mol. The number of likely N-dealkylation sites (tertiary alicyclic amines) is 1. The molecule has 2 spiro atoms. The van der Waals surface area contributed by atoms with Gasteiger partial charge in [-0.2, -0.15) is 0 Å². The first kappa shape index (κ1) is 67.4. The number of nitrogens with zero attached hydrogens (tertiary/aromatic N) is 1. The molecule has 1 fully saturated rings. The Labute approximate surface area is 693 Å². The zero-order chi connectivity index (χ0) is 79.4. The maximum atomic E-state index is 9.34. The van der Waals surface area contributed by atoms with Crippen molar-refractivity contribution in [1.82, 2.24) is 4.90 Å². The van der Waals surface area contributed by atoms with E-state index in [-0.39, 0.29) is 91.9 Å². The minimum Gasteiger partial charge on any atom is -0.487 e. The molecular weight excluding hydrogens is 1560 g/mol. The Balaban J connectivity index is 0.643. The molecule has 123 heavy (non-hydrogen) atoms. The summed E-state index contributed by atoms with van der Waals surface area (Å²) in [7, 11) is 0. The van der Waals surface area contributed by atoms with Gasteiger partial charge in [0.05, 0.1) is 202 Å². The van der Waals surface area contributed by atoms with E-state index in [1.807, 2.05) is 0 Å². The molecule has 20 nitrogen and oxygen atoms in total. The maximum Gasteiger partial charge on any atom is 0.203 e. The number of hydrogen-bond donors (Lipinski definition) is 3. The van der Waals surface area contributed by atoms with Gasteiger partial charge in [-0.25, -0.2) is 0 Å². The first-order valence-electron chi connectivity index (χ1n) is 44.6. The predicted molar refractivity (Wildman–Crippen MR) is 482 cm³/mol. The molecular formula is C103H75NO19. The molecule has 0 amide bonds. The largest absolute Gasteiger partial charge is 0.487 e. The van der Waals surface area contributed by atoms with E-state index in [0.717, 1.165) is 12.1 Å². The zero-order valence-corrected chi connectivity index (χ0v) is 67.2. The van der Waals surface area contributed by atoms with E-state index in [1.165, 1.54) is 140 Å². The Morgan fingerprint density at radius 3 is 0.764 bits per heavy atom. The first-order valence-corrected chi connectivity index (χ1v) is 44.6. The Morgan fingerprint density at radius 2 is 0.463 bits per heavy atom. The number of hydrogen-bond acceptors (Lipinski definition) is 20. The van der Waals surface area contributed by atoms with Crippen LogP contribution in [0.5, 0.6) is 17.2 Å². The van der Waals surface area contributed by atoms with Gasteiger partial charge >= 0.3 is 0 Å². The van der Waals surface area contributed by atoms with Crippen molar-refractivity contribution in [3.63, 3.8) is 0 Å². The van der Waals surface area contributed by atoms with E-state index in [4.69, 9.17) is 82.2 Å². The second-order valence-electron chi connectivity index (χ2n) is 36.5. The van der Waals surface area contributed by atoms with E-state index in [0.29, 0.717) is 149 Å². The molecule has 0 bridgehead atoms. The molecule has 1 heterocycles. The van der Waals surface area contributed by atoms with Crippen molar-refractivity contribution in [2.45, 2.75) is 16.9 Å². The normalized spacial score (nSPS) is 18.6. The molecule has 606 valence electrons. The van der Waals surface area contributed by atoms with Gasteiger partial charge in [0.2, 0.25) is 5.75 Å². The molecule has 3 atom stereocenters. The van der Waals surface area contributed by atoms with E-state index in [9.17, 15) is 15.3 Å². The lowest BCUT2D eigenvalue weighted by atomic mass is 9.49.